The summed E-state index contributed by atoms with van der Waals surface area (Å²) in [7, 11) is 0. The standard InChI is InChI=1S/C11H9NO2/c13-9-3-4-10-7(5-9)1-2-8-6-14-12-11(8)10/h3-6,13H,1-2H2. The van der Waals surface area contributed by atoms with Crippen molar-refractivity contribution in [2.75, 3.05) is 0 Å². The molecule has 1 aromatic carbocycles. The zero-order valence-electron chi connectivity index (χ0n) is 7.53. The first-order valence-corrected chi connectivity index (χ1v) is 4.60. The SMILES string of the molecule is Oc1ccc2c(c1)CCc1conc1-2. The van der Waals surface area contributed by atoms with E-state index in [2.05, 4.69) is 5.16 Å². The second-order valence-corrected chi connectivity index (χ2v) is 3.53. The molecule has 14 heavy (non-hydrogen) atoms. The first kappa shape index (κ1) is 7.62. The monoisotopic (exact) mass is 187 g/mol. The van der Waals surface area contributed by atoms with Crippen molar-refractivity contribution in [2.45, 2.75) is 12.8 Å². The molecule has 0 spiro atoms. The van der Waals surface area contributed by atoms with Crippen LogP contribution in [0.5, 0.6) is 5.75 Å². The third-order valence-corrected chi connectivity index (χ3v) is 2.65. The molecule has 2 aromatic rings. The second kappa shape index (κ2) is 2.61. The minimum absolute atomic E-state index is 0.315. The molecular weight excluding hydrogens is 178 g/mol. The molecule has 1 N–H and O–H groups in total. The smallest absolute Gasteiger partial charge is 0.127 e. The van der Waals surface area contributed by atoms with Crippen LogP contribution >= 0.6 is 0 Å². The van der Waals surface area contributed by atoms with Crippen LogP contribution in [0.25, 0.3) is 11.3 Å². The summed E-state index contributed by atoms with van der Waals surface area (Å²) in [6, 6.07) is 5.38. The van der Waals surface area contributed by atoms with Gasteiger partial charge in [-0.15, -0.1) is 0 Å². The lowest BCUT2D eigenvalue weighted by atomic mass is 9.90. The zero-order valence-corrected chi connectivity index (χ0v) is 7.53. The average Bonchev–Trinajstić information content (AvgIpc) is 2.65. The maximum Gasteiger partial charge on any atom is 0.127 e. The van der Waals surface area contributed by atoms with Gasteiger partial charge in [0.25, 0.3) is 0 Å². The lowest BCUT2D eigenvalue weighted by Gasteiger charge is -2.13. The van der Waals surface area contributed by atoms with E-state index in [4.69, 9.17) is 4.52 Å². The van der Waals surface area contributed by atoms with Gasteiger partial charge in [-0.25, -0.2) is 0 Å². The predicted molar refractivity (Wildman–Crippen MR) is 51.0 cm³/mol. The van der Waals surface area contributed by atoms with Crippen LogP contribution in [-0.2, 0) is 12.8 Å². The molecule has 0 unspecified atom stereocenters. The maximum atomic E-state index is 9.34. The Morgan fingerprint density at radius 2 is 2.07 bits per heavy atom. The molecule has 0 saturated heterocycles. The van der Waals surface area contributed by atoms with E-state index in [1.54, 1.807) is 18.4 Å². The number of benzene rings is 1. The number of nitrogens with zero attached hydrogens (tertiary/aromatic N) is 1. The highest BCUT2D eigenvalue weighted by Gasteiger charge is 2.19. The topological polar surface area (TPSA) is 46.3 Å². The number of rotatable bonds is 0. The Balaban J connectivity index is 2.26. The fraction of sp³-hybridized carbons (Fsp3) is 0.182. The predicted octanol–water partition coefficient (Wildman–Crippen LogP) is 2.15. The van der Waals surface area contributed by atoms with E-state index in [1.807, 2.05) is 6.07 Å². The van der Waals surface area contributed by atoms with Crippen molar-refractivity contribution < 1.29 is 9.63 Å². The quantitative estimate of drug-likeness (QED) is 0.687. The van der Waals surface area contributed by atoms with Crippen LogP contribution in [0.15, 0.2) is 29.0 Å². The molecule has 1 heterocycles. The van der Waals surface area contributed by atoms with Gasteiger partial charge in [0.05, 0.1) is 0 Å². The number of aryl methyl sites for hydroxylation is 2. The van der Waals surface area contributed by atoms with Crippen molar-refractivity contribution in [1.82, 2.24) is 5.16 Å². The van der Waals surface area contributed by atoms with Crippen LogP contribution in [0.2, 0.25) is 0 Å². The zero-order chi connectivity index (χ0) is 9.54. The molecule has 1 aliphatic carbocycles. The Morgan fingerprint density at radius 3 is 3.00 bits per heavy atom. The van der Waals surface area contributed by atoms with Gasteiger partial charge in [0.2, 0.25) is 0 Å². The number of aromatic nitrogens is 1. The number of phenols is 1. The van der Waals surface area contributed by atoms with Crippen LogP contribution < -0.4 is 0 Å². The van der Waals surface area contributed by atoms with Crippen LogP contribution in [-0.4, -0.2) is 10.3 Å². The van der Waals surface area contributed by atoms with Gasteiger partial charge in [-0.3, -0.25) is 0 Å². The van der Waals surface area contributed by atoms with Gasteiger partial charge in [0, 0.05) is 11.1 Å². The fourth-order valence-corrected chi connectivity index (χ4v) is 1.94. The summed E-state index contributed by atoms with van der Waals surface area (Å²) >= 11 is 0. The highest BCUT2D eigenvalue weighted by atomic mass is 16.5. The van der Waals surface area contributed by atoms with Crippen LogP contribution in [0, 0.1) is 0 Å². The van der Waals surface area contributed by atoms with Crippen molar-refractivity contribution in [1.29, 1.82) is 0 Å². The van der Waals surface area contributed by atoms with E-state index in [-0.39, 0.29) is 0 Å². The van der Waals surface area contributed by atoms with Gasteiger partial charge in [-0.2, -0.15) is 0 Å². The van der Waals surface area contributed by atoms with Gasteiger partial charge in [-0.1, -0.05) is 5.16 Å². The highest BCUT2D eigenvalue weighted by Crippen LogP contribution is 2.33. The number of aromatic hydroxyl groups is 1. The second-order valence-electron chi connectivity index (χ2n) is 3.53. The summed E-state index contributed by atoms with van der Waals surface area (Å²) in [4.78, 5) is 0. The molecule has 0 radical (unpaired) electrons. The molecular formula is C11H9NO2. The molecule has 0 aliphatic heterocycles. The number of hydrogen-bond donors (Lipinski definition) is 1. The van der Waals surface area contributed by atoms with Crippen LogP contribution in [0.1, 0.15) is 11.1 Å². The first-order chi connectivity index (χ1) is 6.84. The van der Waals surface area contributed by atoms with Crippen molar-refractivity contribution in [3.8, 4) is 17.0 Å². The van der Waals surface area contributed by atoms with E-state index in [0.717, 1.165) is 35.2 Å². The third-order valence-electron chi connectivity index (χ3n) is 2.65. The van der Waals surface area contributed by atoms with Gasteiger partial charge in [0.1, 0.15) is 17.7 Å². The lowest BCUT2D eigenvalue weighted by molar-refractivity contribution is 0.421. The van der Waals surface area contributed by atoms with E-state index < -0.39 is 0 Å². The van der Waals surface area contributed by atoms with Crippen molar-refractivity contribution in [3.63, 3.8) is 0 Å². The Morgan fingerprint density at radius 1 is 1.21 bits per heavy atom. The average molecular weight is 187 g/mol. The normalized spacial score (nSPS) is 13.4. The maximum absolute atomic E-state index is 9.34. The summed E-state index contributed by atoms with van der Waals surface area (Å²) in [5, 5.41) is 13.3. The first-order valence-electron chi connectivity index (χ1n) is 4.60. The Hall–Kier alpha value is -1.77. The van der Waals surface area contributed by atoms with Crippen LogP contribution in [0.4, 0.5) is 0 Å². The van der Waals surface area contributed by atoms with Crippen LogP contribution in [0.3, 0.4) is 0 Å². The van der Waals surface area contributed by atoms with Crippen molar-refractivity contribution in [3.05, 3.63) is 35.6 Å². The Labute approximate surface area is 81.0 Å². The summed E-state index contributed by atoms with van der Waals surface area (Å²) in [5.41, 5.74) is 4.30. The largest absolute Gasteiger partial charge is 0.508 e. The summed E-state index contributed by atoms with van der Waals surface area (Å²) < 4.78 is 4.94. The summed E-state index contributed by atoms with van der Waals surface area (Å²) in [6.07, 6.45) is 3.58. The number of fused-ring (bicyclic) bond motifs is 3. The molecule has 3 heteroatoms. The summed E-state index contributed by atoms with van der Waals surface area (Å²) in [5.74, 6) is 0.315. The van der Waals surface area contributed by atoms with E-state index in [0.29, 0.717) is 5.75 Å². The molecule has 1 aromatic heterocycles. The molecule has 0 amide bonds. The van der Waals surface area contributed by atoms with E-state index >= 15 is 0 Å². The summed E-state index contributed by atoms with van der Waals surface area (Å²) in [6.45, 7) is 0. The van der Waals surface area contributed by atoms with E-state index in [9.17, 15) is 5.11 Å². The lowest BCUT2D eigenvalue weighted by Crippen LogP contribution is -2.01. The molecule has 3 rings (SSSR count). The molecule has 0 bridgehead atoms. The number of phenolic OH excluding ortho intramolecular Hbond substituents is 1. The van der Waals surface area contributed by atoms with Gasteiger partial charge in [-0.05, 0) is 36.6 Å². The molecule has 70 valence electrons. The fourth-order valence-electron chi connectivity index (χ4n) is 1.94. The minimum atomic E-state index is 0.315. The molecule has 3 nitrogen and oxygen atoms in total. The molecule has 0 atom stereocenters. The van der Waals surface area contributed by atoms with Crippen molar-refractivity contribution >= 4 is 0 Å². The minimum Gasteiger partial charge on any atom is -0.508 e. The van der Waals surface area contributed by atoms with Gasteiger partial charge < -0.3 is 9.63 Å². The number of hydrogen-bond acceptors (Lipinski definition) is 3. The van der Waals surface area contributed by atoms with E-state index in [1.165, 1.54) is 0 Å². The molecule has 0 saturated carbocycles. The van der Waals surface area contributed by atoms with Crippen molar-refractivity contribution in [2.24, 2.45) is 0 Å². The Kier molecular flexibility index (Phi) is 1.42. The highest BCUT2D eigenvalue weighted by molar-refractivity contribution is 5.69. The van der Waals surface area contributed by atoms with Gasteiger partial charge >= 0.3 is 0 Å². The van der Waals surface area contributed by atoms with Gasteiger partial charge in [0.15, 0.2) is 0 Å². The Bertz CT molecular complexity index is 488. The third kappa shape index (κ3) is 0.954. The molecule has 0 fully saturated rings. The molecule has 1 aliphatic rings.